The maximum atomic E-state index is 12.3. The lowest BCUT2D eigenvalue weighted by atomic mass is 10.2. The number of anilines is 2. The van der Waals surface area contributed by atoms with Gasteiger partial charge in [0.25, 0.3) is 5.91 Å². The molecule has 0 atom stereocenters. The third-order valence-electron chi connectivity index (χ3n) is 3.20. The smallest absolute Gasteiger partial charge is 0.255 e. The standard InChI is InChI=1S/C17H19N3O4S/c1-3-18-25(23,24)16-6-4-5-13(11-16)17(22)20-15-9-7-14(8-10-15)19-12(2)21/h4-11,18H,3H2,1-2H3,(H,19,21)(H,20,22). The summed E-state index contributed by atoms with van der Waals surface area (Å²) in [6.45, 7) is 3.35. The van der Waals surface area contributed by atoms with Crippen LogP contribution >= 0.6 is 0 Å². The van der Waals surface area contributed by atoms with E-state index in [1.165, 1.54) is 31.2 Å². The van der Waals surface area contributed by atoms with Crippen LogP contribution in [0.3, 0.4) is 0 Å². The summed E-state index contributed by atoms with van der Waals surface area (Å²) in [5.74, 6) is -0.615. The van der Waals surface area contributed by atoms with Crippen molar-refractivity contribution in [1.29, 1.82) is 0 Å². The van der Waals surface area contributed by atoms with Crippen molar-refractivity contribution in [3.8, 4) is 0 Å². The average Bonchev–Trinajstić information content (AvgIpc) is 2.56. The van der Waals surface area contributed by atoms with Crippen molar-refractivity contribution in [1.82, 2.24) is 4.72 Å². The number of carbonyl (C=O) groups excluding carboxylic acids is 2. The maximum Gasteiger partial charge on any atom is 0.255 e. The van der Waals surface area contributed by atoms with Crippen LogP contribution in [0.4, 0.5) is 11.4 Å². The van der Waals surface area contributed by atoms with E-state index >= 15 is 0 Å². The van der Waals surface area contributed by atoms with Gasteiger partial charge in [0.05, 0.1) is 4.90 Å². The van der Waals surface area contributed by atoms with Crippen molar-refractivity contribution in [2.24, 2.45) is 0 Å². The topological polar surface area (TPSA) is 104 Å². The van der Waals surface area contributed by atoms with Crippen LogP contribution in [-0.4, -0.2) is 26.8 Å². The fraction of sp³-hybridized carbons (Fsp3) is 0.176. The second-order valence-electron chi connectivity index (χ2n) is 5.24. The largest absolute Gasteiger partial charge is 0.326 e. The predicted molar refractivity (Wildman–Crippen MR) is 96.0 cm³/mol. The van der Waals surface area contributed by atoms with Crippen molar-refractivity contribution < 1.29 is 18.0 Å². The summed E-state index contributed by atoms with van der Waals surface area (Å²) in [7, 11) is -3.63. The van der Waals surface area contributed by atoms with Crippen LogP contribution in [0.15, 0.2) is 53.4 Å². The molecule has 7 nitrogen and oxygen atoms in total. The molecule has 132 valence electrons. The highest BCUT2D eigenvalue weighted by Gasteiger charge is 2.15. The summed E-state index contributed by atoms with van der Waals surface area (Å²) in [4.78, 5) is 23.3. The maximum absolute atomic E-state index is 12.3. The Kier molecular flexibility index (Phi) is 5.89. The lowest BCUT2D eigenvalue weighted by Gasteiger charge is -2.09. The van der Waals surface area contributed by atoms with E-state index in [1.807, 2.05) is 0 Å². The number of hydrogen-bond donors (Lipinski definition) is 3. The van der Waals surface area contributed by atoms with Gasteiger partial charge in [0.1, 0.15) is 0 Å². The van der Waals surface area contributed by atoms with Crippen LogP contribution < -0.4 is 15.4 Å². The summed E-state index contributed by atoms with van der Waals surface area (Å²) in [6.07, 6.45) is 0. The SMILES string of the molecule is CCNS(=O)(=O)c1cccc(C(=O)Nc2ccc(NC(C)=O)cc2)c1. The van der Waals surface area contributed by atoms with E-state index in [9.17, 15) is 18.0 Å². The van der Waals surface area contributed by atoms with Crippen molar-refractivity contribution in [2.75, 3.05) is 17.2 Å². The molecular formula is C17H19N3O4S. The summed E-state index contributed by atoms with van der Waals surface area (Å²) in [5.41, 5.74) is 1.37. The van der Waals surface area contributed by atoms with E-state index in [0.29, 0.717) is 11.4 Å². The van der Waals surface area contributed by atoms with Gasteiger partial charge in [-0.15, -0.1) is 0 Å². The van der Waals surface area contributed by atoms with E-state index in [4.69, 9.17) is 0 Å². The summed E-state index contributed by atoms with van der Waals surface area (Å²) in [6, 6.07) is 12.4. The summed E-state index contributed by atoms with van der Waals surface area (Å²) in [5, 5.41) is 5.31. The molecule has 2 rings (SSSR count). The van der Waals surface area contributed by atoms with Crippen LogP contribution in [0.1, 0.15) is 24.2 Å². The van der Waals surface area contributed by atoms with Crippen molar-refractivity contribution in [2.45, 2.75) is 18.7 Å². The van der Waals surface area contributed by atoms with E-state index in [2.05, 4.69) is 15.4 Å². The van der Waals surface area contributed by atoms with Crippen molar-refractivity contribution in [3.63, 3.8) is 0 Å². The number of amides is 2. The van der Waals surface area contributed by atoms with Gasteiger partial charge in [-0.2, -0.15) is 0 Å². The first-order chi connectivity index (χ1) is 11.8. The minimum absolute atomic E-state index is 0.0306. The molecule has 8 heteroatoms. The Morgan fingerprint density at radius 2 is 1.56 bits per heavy atom. The second kappa shape index (κ2) is 7.91. The molecule has 2 aromatic carbocycles. The molecule has 0 fully saturated rings. The number of hydrogen-bond acceptors (Lipinski definition) is 4. The highest BCUT2D eigenvalue weighted by molar-refractivity contribution is 7.89. The zero-order valence-electron chi connectivity index (χ0n) is 13.9. The summed E-state index contributed by atoms with van der Waals surface area (Å²) >= 11 is 0. The van der Waals surface area contributed by atoms with Gasteiger partial charge >= 0.3 is 0 Å². The second-order valence-corrected chi connectivity index (χ2v) is 7.01. The third kappa shape index (κ3) is 5.13. The Morgan fingerprint density at radius 1 is 0.960 bits per heavy atom. The first-order valence-corrected chi connectivity index (χ1v) is 9.09. The summed E-state index contributed by atoms with van der Waals surface area (Å²) < 4.78 is 26.4. The molecule has 0 aliphatic rings. The van der Waals surface area contributed by atoms with E-state index < -0.39 is 15.9 Å². The molecule has 25 heavy (non-hydrogen) atoms. The third-order valence-corrected chi connectivity index (χ3v) is 4.75. The Balaban J connectivity index is 2.14. The molecule has 0 aromatic heterocycles. The molecule has 0 spiro atoms. The fourth-order valence-corrected chi connectivity index (χ4v) is 3.21. The normalized spacial score (nSPS) is 11.0. The molecular weight excluding hydrogens is 342 g/mol. The Labute approximate surface area is 146 Å². The first kappa shape index (κ1) is 18.6. The molecule has 0 aliphatic heterocycles. The van der Waals surface area contributed by atoms with E-state index in [0.717, 1.165) is 0 Å². The van der Waals surface area contributed by atoms with Gasteiger partial charge < -0.3 is 10.6 Å². The fourth-order valence-electron chi connectivity index (χ4n) is 2.12. The van der Waals surface area contributed by atoms with Crippen molar-refractivity contribution >= 4 is 33.2 Å². The number of carbonyl (C=O) groups is 2. The monoisotopic (exact) mass is 361 g/mol. The lowest BCUT2D eigenvalue weighted by molar-refractivity contribution is -0.114. The van der Waals surface area contributed by atoms with Gasteiger partial charge in [0.2, 0.25) is 15.9 Å². The molecule has 0 unspecified atom stereocenters. The highest BCUT2D eigenvalue weighted by Crippen LogP contribution is 2.16. The molecule has 2 aromatic rings. The van der Waals surface area contributed by atoms with Crippen molar-refractivity contribution in [3.05, 3.63) is 54.1 Å². The lowest BCUT2D eigenvalue weighted by Crippen LogP contribution is -2.23. The molecule has 0 saturated heterocycles. The average molecular weight is 361 g/mol. The van der Waals surface area contributed by atoms with Gasteiger partial charge in [-0.05, 0) is 42.5 Å². The van der Waals surface area contributed by atoms with Gasteiger partial charge in [0, 0.05) is 30.4 Å². The Hall–Kier alpha value is -2.71. The predicted octanol–water partition coefficient (Wildman–Crippen LogP) is 2.20. The van der Waals surface area contributed by atoms with Crippen LogP contribution in [-0.2, 0) is 14.8 Å². The first-order valence-electron chi connectivity index (χ1n) is 7.60. The van der Waals surface area contributed by atoms with Crippen LogP contribution in [0.5, 0.6) is 0 Å². The zero-order valence-corrected chi connectivity index (χ0v) is 14.7. The number of benzene rings is 2. The highest BCUT2D eigenvalue weighted by atomic mass is 32.2. The number of rotatable bonds is 6. The van der Waals surface area contributed by atoms with Gasteiger partial charge in [-0.3, -0.25) is 9.59 Å². The van der Waals surface area contributed by atoms with Crippen LogP contribution in [0.25, 0.3) is 0 Å². The number of sulfonamides is 1. The zero-order chi connectivity index (χ0) is 18.4. The molecule has 0 aliphatic carbocycles. The van der Waals surface area contributed by atoms with Gasteiger partial charge in [-0.25, -0.2) is 13.1 Å². The Bertz CT molecular complexity index is 877. The molecule has 3 N–H and O–H groups in total. The molecule has 0 radical (unpaired) electrons. The van der Waals surface area contributed by atoms with Gasteiger partial charge in [-0.1, -0.05) is 13.0 Å². The van der Waals surface area contributed by atoms with E-state index in [1.54, 1.807) is 31.2 Å². The van der Waals surface area contributed by atoms with Crippen LogP contribution in [0, 0.1) is 0 Å². The number of nitrogens with one attached hydrogen (secondary N) is 3. The van der Waals surface area contributed by atoms with Crippen LogP contribution in [0.2, 0.25) is 0 Å². The van der Waals surface area contributed by atoms with Gasteiger partial charge in [0.15, 0.2) is 0 Å². The molecule has 2 amide bonds. The molecule has 0 heterocycles. The minimum atomic E-state index is -3.63. The molecule has 0 saturated carbocycles. The molecule has 0 bridgehead atoms. The van der Waals surface area contributed by atoms with E-state index in [-0.39, 0.29) is 22.9 Å². The Morgan fingerprint density at radius 3 is 2.12 bits per heavy atom. The quantitative estimate of drug-likeness (QED) is 0.733. The minimum Gasteiger partial charge on any atom is -0.326 e.